The Bertz CT molecular complexity index is 1340. The standard InChI is InChI=1S/C28H21Cl3N2O3/c29-23-8-1-20(2-9-23)17-35-25-11-3-19(4-12-25)16-32-33-28(34)21-6-13-26(14-7-21)36-18-22-5-10-24(30)15-27(22)31/h1-16H,17-18H2,(H,33,34)/b32-16+. The number of nitrogens with one attached hydrogen (secondary N) is 1. The third kappa shape index (κ3) is 7.49. The van der Waals surface area contributed by atoms with Crippen molar-refractivity contribution in [3.05, 3.63) is 128 Å². The summed E-state index contributed by atoms with van der Waals surface area (Å²) < 4.78 is 11.5. The van der Waals surface area contributed by atoms with Gasteiger partial charge in [0.2, 0.25) is 0 Å². The minimum Gasteiger partial charge on any atom is -0.489 e. The molecule has 0 aliphatic rings. The molecule has 4 aromatic carbocycles. The molecule has 0 radical (unpaired) electrons. The number of hydrazone groups is 1. The summed E-state index contributed by atoms with van der Waals surface area (Å²) in [5.41, 5.74) is 5.64. The second-order valence-electron chi connectivity index (χ2n) is 7.73. The Morgan fingerprint density at radius 2 is 1.36 bits per heavy atom. The maximum atomic E-state index is 12.4. The number of rotatable bonds is 9. The molecule has 0 unspecified atom stereocenters. The van der Waals surface area contributed by atoms with Crippen molar-refractivity contribution in [1.29, 1.82) is 0 Å². The van der Waals surface area contributed by atoms with Gasteiger partial charge in [-0.25, -0.2) is 5.43 Å². The van der Waals surface area contributed by atoms with Crippen LogP contribution < -0.4 is 14.9 Å². The maximum Gasteiger partial charge on any atom is 0.271 e. The average molecular weight is 540 g/mol. The van der Waals surface area contributed by atoms with E-state index in [4.69, 9.17) is 44.3 Å². The Labute approximate surface area is 224 Å². The quantitative estimate of drug-likeness (QED) is 0.176. The van der Waals surface area contributed by atoms with Gasteiger partial charge in [-0.15, -0.1) is 0 Å². The van der Waals surface area contributed by atoms with E-state index in [1.807, 2.05) is 54.6 Å². The lowest BCUT2D eigenvalue weighted by molar-refractivity contribution is 0.0955. The second kappa shape index (κ2) is 12.5. The van der Waals surface area contributed by atoms with Crippen molar-refractivity contribution in [2.24, 2.45) is 5.10 Å². The van der Waals surface area contributed by atoms with Crippen LogP contribution in [0.25, 0.3) is 0 Å². The van der Waals surface area contributed by atoms with Crippen LogP contribution in [0, 0.1) is 0 Å². The summed E-state index contributed by atoms with van der Waals surface area (Å²) in [6.07, 6.45) is 1.56. The van der Waals surface area contributed by atoms with Crippen LogP contribution >= 0.6 is 34.8 Å². The van der Waals surface area contributed by atoms with E-state index in [1.54, 1.807) is 42.6 Å². The zero-order valence-corrected chi connectivity index (χ0v) is 21.2. The number of carbonyl (C=O) groups excluding carboxylic acids is 1. The highest BCUT2D eigenvalue weighted by Gasteiger charge is 2.06. The molecule has 1 N–H and O–H groups in total. The van der Waals surface area contributed by atoms with Gasteiger partial charge in [0.25, 0.3) is 5.91 Å². The Morgan fingerprint density at radius 3 is 2.03 bits per heavy atom. The fraction of sp³-hybridized carbons (Fsp3) is 0.0714. The Morgan fingerprint density at radius 1 is 0.750 bits per heavy atom. The summed E-state index contributed by atoms with van der Waals surface area (Å²) in [4.78, 5) is 12.4. The number of hydrogen-bond acceptors (Lipinski definition) is 4. The molecule has 0 aromatic heterocycles. The van der Waals surface area contributed by atoms with Crippen molar-refractivity contribution in [2.75, 3.05) is 0 Å². The van der Waals surface area contributed by atoms with Gasteiger partial charge in [-0.3, -0.25) is 4.79 Å². The van der Waals surface area contributed by atoms with Gasteiger partial charge < -0.3 is 9.47 Å². The molecule has 4 rings (SSSR count). The Hall–Kier alpha value is -3.51. The van der Waals surface area contributed by atoms with E-state index in [0.29, 0.717) is 33.0 Å². The number of benzene rings is 4. The summed E-state index contributed by atoms with van der Waals surface area (Å²) in [7, 11) is 0. The molecular weight excluding hydrogens is 519 g/mol. The molecule has 4 aromatic rings. The van der Waals surface area contributed by atoms with E-state index in [1.165, 1.54) is 0 Å². The molecule has 0 aliphatic heterocycles. The Kier molecular flexibility index (Phi) is 8.85. The van der Waals surface area contributed by atoms with Crippen molar-refractivity contribution < 1.29 is 14.3 Å². The molecule has 0 spiro atoms. The number of nitrogens with zero attached hydrogens (tertiary/aromatic N) is 1. The minimum atomic E-state index is -0.332. The smallest absolute Gasteiger partial charge is 0.271 e. The van der Waals surface area contributed by atoms with Gasteiger partial charge in [0.05, 0.1) is 6.21 Å². The van der Waals surface area contributed by atoms with Crippen LogP contribution in [0.15, 0.2) is 96.1 Å². The predicted octanol–water partition coefficient (Wildman–Crippen LogP) is 7.57. The van der Waals surface area contributed by atoms with Crippen LogP contribution in [0.4, 0.5) is 0 Å². The molecule has 0 saturated heterocycles. The lowest BCUT2D eigenvalue weighted by Gasteiger charge is -2.08. The van der Waals surface area contributed by atoms with Crippen LogP contribution in [0.5, 0.6) is 11.5 Å². The first-order valence-electron chi connectivity index (χ1n) is 10.9. The SMILES string of the molecule is O=C(N/N=C/c1ccc(OCc2ccc(Cl)cc2)cc1)c1ccc(OCc2ccc(Cl)cc2Cl)cc1. The van der Waals surface area contributed by atoms with E-state index in [-0.39, 0.29) is 12.5 Å². The third-order valence-electron chi connectivity index (χ3n) is 5.10. The summed E-state index contributed by atoms with van der Waals surface area (Å²) in [5, 5.41) is 5.83. The first-order valence-corrected chi connectivity index (χ1v) is 12.1. The van der Waals surface area contributed by atoms with E-state index < -0.39 is 0 Å². The monoisotopic (exact) mass is 538 g/mol. The molecule has 0 atom stereocenters. The highest BCUT2D eigenvalue weighted by atomic mass is 35.5. The van der Waals surface area contributed by atoms with Crippen LogP contribution in [0.1, 0.15) is 27.0 Å². The number of hydrogen-bond donors (Lipinski definition) is 1. The van der Waals surface area contributed by atoms with Gasteiger partial charge in [0, 0.05) is 26.2 Å². The molecule has 36 heavy (non-hydrogen) atoms. The van der Waals surface area contributed by atoms with Gasteiger partial charge in [-0.1, -0.05) is 53.0 Å². The van der Waals surface area contributed by atoms with Gasteiger partial charge in [-0.2, -0.15) is 5.10 Å². The van der Waals surface area contributed by atoms with Gasteiger partial charge in [0.1, 0.15) is 24.7 Å². The molecule has 0 fully saturated rings. The molecule has 0 aliphatic carbocycles. The molecule has 182 valence electrons. The number of halogens is 3. The highest BCUT2D eigenvalue weighted by Crippen LogP contribution is 2.23. The van der Waals surface area contributed by atoms with Gasteiger partial charge in [0.15, 0.2) is 0 Å². The first kappa shape index (κ1) is 25.6. The normalized spacial score (nSPS) is 10.9. The predicted molar refractivity (Wildman–Crippen MR) is 145 cm³/mol. The van der Waals surface area contributed by atoms with Crippen LogP contribution in [-0.2, 0) is 13.2 Å². The molecule has 0 saturated carbocycles. The lowest BCUT2D eigenvalue weighted by Crippen LogP contribution is -2.17. The Balaban J connectivity index is 1.24. The zero-order valence-electron chi connectivity index (χ0n) is 19.0. The fourth-order valence-corrected chi connectivity index (χ4v) is 3.72. The topological polar surface area (TPSA) is 59.9 Å². The van der Waals surface area contributed by atoms with Crippen molar-refractivity contribution in [3.63, 3.8) is 0 Å². The molecule has 5 nitrogen and oxygen atoms in total. The maximum absolute atomic E-state index is 12.4. The molecule has 0 bridgehead atoms. The molecular formula is C28H21Cl3N2O3. The highest BCUT2D eigenvalue weighted by molar-refractivity contribution is 6.35. The van der Waals surface area contributed by atoms with Crippen LogP contribution in [-0.4, -0.2) is 12.1 Å². The van der Waals surface area contributed by atoms with Crippen molar-refractivity contribution >= 4 is 46.9 Å². The van der Waals surface area contributed by atoms with Crippen molar-refractivity contribution in [2.45, 2.75) is 13.2 Å². The zero-order chi connectivity index (χ0) is 25.3. The van der Waals surface area contributed by atoms with E-state index in [2.05, 4.69) is 10.5 Å². The minimum absolute atomic E-state index is 0.288. The largest absolute Gasteiger partial charge is 0.489 e. The first-order chi connectivity index (χ1) is 17.5. The summed E-state index contributed by atoms with van der Waals surface area (Å²) in [6.45, 7) is 0.732. The van der Waals surface area contributed by atoms with Crippen molar-refractivity contribution in [1.82, 2.24) is 5.43 Å². The van der Waals surface area contributed by atoms with Gasteiger partial charge >= 0.3 is 0 Å². The molecule has 0 heterocycles. The summed E-state index contributed by atoms with van der Waals surface area (Å²) >= 11 is 18.0. The fourth-order valence-electron chi connectivity index (χ4n) is 3.13. The van der Waals surface area contributed by atoms with Crippen molar-refractivity contribution in [3.8, 4) is 11.5 Å². The van der Waals surface area contributed by atoms with E-state index in [9.17, 15) is 4.79 Å². The number of amides is 1. The number of carbonyl (C=O) groups is 1. The molecule has 8 heteroatoms. The summed E-state index contributed by atoms with van der Waals surface area (Å²) in [5.74, 6) is 1.01. The second-order valence-corrected chi connectivity index (χ2v) is 9.01. The van der Waals surface area contributed by atoms with Crippen LogP contribution in [0.2, 0.25) is 15.1 Å². The average Bonchev–Trinajstić information content (AvgIpc) is 2.89. The number of ether oxygens (including phenoxy) is 2. The van der Waals surface area contributed by atoms with E-state index >= 15 is 0 Å². The lowest BCUT2D eigenvalue weighted by atomic mass is 10.2. The van der Waals surface area contributed by atoms with Crippen LogP contribution in [0.3, 0.4) is 0 Å². The summed E-state index contributed by atoms with van der Waals surface area (Å²) in [6, 6.07) is 26.9. The van der Waals surface area contributed by atoms with E-state index in [0.717, 1.165) is 22.4 Å². The van der Waals surface area contributed by atoms with Gasteiger partial charge in [-0.05, 0) is 83.9 Å². The third-order valence-corrected chi connectivity index (χ3v) is 5.94. The molecule has 1 amide bonds.